The topological polar surface area (TPSA) is 106 Å². The van der Waals surface area contributed by atoms with Gasteiger partial charge in [0.25, 0.3) is 11.8 Å². The molecule has 0 unspecified atom stereocenters. The smallest absolute Gasteiger partial charge is 0.408 e. The third-order valence-corrected chi connectivity index (χ3v) is 3.15. The molecule has 0 aromatic carbocycles. The van der Waals surface area contributed by atoms with Gasteiger partial charge in [-0.15, -0.1) is 0 Å². The quantitative estimate of drug-likeness (QED) is 0.663. The van der Waals surface area contributed by atoms with E-state index >= 15 is 0 Å². The summed E-state index contributed by atoms with van der Waals surface area (Å²) in [7, 11) is 0. The summed E-state index contributed by atoms with van der Waals surface area (Å²) in [5.41, 5.74) is 3.99. The van der Waals surface area contributed by atoms with Gasteiger partial charge < -0.3 is 14.8 Å². The van der Waals surface area contributed by atoms with Gasteiger partial charge in [-0.3, -0.25) is 20.4 Å². The molecule has 0 aromatic heterocycles. The van der Waals surface area contributed by atoms with E-state index in [4.69, 9.17) is 9.47 Å². The second kappa shape index (κ2) is 8.14. The molecule has 0 saturated carbocycles. The fourth-order valence-electron chi connectivity index (χ4n) is 2.04. The van der Waals surface area contributed by atoms with Crippen molar-refractivity contribution in [1.29, 1.82) is 0 Å². The molecule has 2 atom stereocenters. The van der Waals surface area contributed by atoms with Crippen LogP contribution < -0.4 is 16.2 Å². The number of hydrogen-bond donors (Lipinski definition) is 3. The van der Waals surface area contributed by atoms with Crippen LogP contribution in [-0.2, 0) is 19.1 Å². The molecule has 1 saturated heterocycles. The van der Waals surface area contributed by atoms with Gasteiger partial charge in [-0.2, -0.15) is 0 Å². The van der Waals surface area contributed by atoms with Crippen LogP contribution in [0.2, 0.25) is 0 Å². The Balaban J connectivity index is 2.50. The maximum atomic E-state index is 12.2. The first-order valence-electron chi connectivity index (χ1n) is 7.81. The van der Waals surface area contributed by atoms with Crippen LogP contribution in [0.5, 0.6) is 0 Å². The van der Waals surface area contributed by atoms with Crippen molar-refractivity contribution in [3.8, 4) is 0 Å². The van der Waals surface area contributed by atoms with Crippen molar-refractivity contribution in [1.82, 2.24) is 16.2 Å². The fraction of sp³-hybridized carbons (Fsp3) is 0.800. The molecule has 1 aliphatic heterocycles. The third kappa shape index (κ3) is 6.85. The van der Waals surface area contributed by atoms with Gasteiger partial charge >= 0.3 is 6.09 Å². The SMILES string of the molecule is CC(C)[C@H](NC(=O)OC(C)(C)C)C(=O)NNC(=O)[C@@H]1CCCO1. The van der Waals surface area contributed by atoms with Gasteiger partial charge in [0, 0.05) is 6.61 Å². The van der Waals surface area contributed by atoms with Crippen LogP contribution in [0.1, 0.15) is 47.5 Å². The van der Waals surface area contributed by atoms with Gasteiger partial charge in [0.05, 0.1) is 0 Å². The van der Waals surface area contributed by atoms with Gasteiger partial charge in [0.2, 0.25) is 0 Å². The lowest BCUT2D eigenvalue weighted by Crippen LogP contribution is -2.56. The van der Waals surface area contributed by atoms with Crippen molar-refractivity contribution in [2.45, 2.75) is 65.2 Å². The first-order valence-corrected chi connectivity index (χ1v) is 7.81. The first-order chi connectivity index (χ1) is 10.6. The fourth-order valence-corrected chi connectivity index (χ4v) is 2.04. The summed E-state index contributed by atoms with van der Waals surface area (Å²) in [6.45, 7) is 9.31. The van der Waals surface area contributed by atoms with E-state index in [1.807, 2.05) is 0 Å². The van der Waals surface area contributed by atoms with Gasteiger partial charge in [-0.1, -0.05) is 13.8 Å². The minimum Gasteiger partial charge on any atom is -0.444 e. The maximum absolute atomic E-state index is 12.2. The van der Waals surface area contributed by atoms with Gasteiger partial charge in [0.1, 0.15) is 17.7 Å². The number of carbonyl (C=O) groups is 3. The molecule has 8 heteroatoms. The molecule has 132 valence electrons. The highest BCUT2D eigenvalue weighted by Crippen LogP contribution is 2.11. The van der Waals surface area contributed by atoms with Gasteiger partial charge in [-0.05, 0) is 39.5 Å². The van der Waals surface area contributed by atoms with Gasteiger partial charge in [0.15, 0.2) is 0 Å². The molecule has 0 radical (unpaired) electrons. The normalized spacial score (nSPS) is 19.1. The van der Waals surface area contributed by atoms with E-state index in [0.29, 0.717) is 13.0 Å². The highest BCUT2D eigenvalue weighted by Gasteiger charge is 2.28. The Labute approximate surface area is 136 Å². The summed E-state index contributed by atoms with van der Waals surface area (Å²) in [5, 5.41) is 2.51. The second-order valence-electron chi connectivity index (χ2n) is 6.85. The highest BCUT2D eigenvalue weighted by atomic mass is 16.6. The zero-order valence-corrected chi connectivity index (χ0v) is 14.4. The number of nitrogens with one attached hydrogen (secondary N) is 3. The van der Waals surface area contributed by atoms with Crippen LogP contribution in [0.15, 0.2) is 0 Å². The van der Waals surface area contributed by atoms with Crippen molar-refractivity contribution >= 4 is 17.9 Å². The predicted molar refractivity (Wildman–Crippen MR) is 83.3 cm³/mol. The van der Waals surface area contributed by atoms with E-state index in [9.17, 15) is 14.4 Å². The predicted octanol–water partition coefficient (Wildman–Crippen LogP) is 0.862. The number of ether oxygens (including phenoxy) is 2. The molecule has 1 aliphatic rings. The molecular weight excluding hydrogens is 302 g/mol. The standard InChI is InChI=1S/C15H27N3O5/c1-9(2)11(16-14(21)23-15(3,4)5)13(20)18-17-12(19)10-7-6-8-22-10/h9-11H,6-8H2,1-5H3,(H,16,21)(H,17,19)(H,18,20)/t10-,11-/m0/s1. The molecule has 1 fully saturated rings. The van der Waals surface area contributed by atoms with E-state index in [1.165, 1.54) is 0 Å². The summed E-state index contributed by atoms with van der Waals surface area (Å²) in [5.74, 6) is -1.09. The lowest BCUT2D eigenvalue weighted by Gasteiger charge is -2.25. The lowest BCUT2D eigenvalue weighted by molar-refractivity contribution is -0.135. The second-order valence-corrected chi connectivity index (χ2v) is 6.85. The van der Waals surface area contributed by atoms with Crippen molar-refractivity contribution in [3.05, 3.63) is 0 Å². The molecule has 1 heterocycles. The minimum atomic E-state index is -0.824. The number of amides is 3. The number of hydrazine groups is 1. The van der Waals surface area contributed by atoms with Crippen molar-refractivity contribution in [3.63, 3.8) is 0 Å². The Kier molecular flexibility index (Phi) is 6.80. The van der Waals surface area contributed by atoms with Crippen molar-refractivity contribution < 1.29 is 23.9 Å². The van der Waals surface area contributed by atoms with E-state index in [-0.39, 0.29) is 5.92 Å². The molecular formula is C15H27N3O5. The summed E-state index contributed by atoms with van der Waals surface area (Å²) >= 11 is 0. The van der Waals surface area contributed by atoms with E-state index in [1.54, 1.807) is 34.6 Å². The monoisotopic (exact) mass is 329 g/mol. The van der Waals surface area contributed by atoms with Crippen LogP contribution in [0.3, 0.4) is 0 Å². The number of carbonyl (C=O) groups excluding carboxylic acids is 3. The Hall–Kier alpha value is -1.83. The number of rotatable bonds is 4. The molecule has 0 spiro atoms. The van der Waals surface area contributed by atoms with Crippen LogP contribution in [0, 0.1) is 5.92 Å². The van der Waals surface area contributed by atoms with Crippen LogP contribution in [0.25, 0.3) is 0 Å². The Morgan fingerprint density at radius 2 is 1.83 bits per heavy atom. The van der Waals surface area contributed by atoms with Crippen LogP contribution in [0.4, 0.5) is 4.79 Å². The molecule has 1 rings (SSSR count). The third-order valence-electron chi connectivity index (χ3n) is 3.15. The summed E-state index contributed by atoms with van der Waals surface area (Å²) < 4.78 is 10.4. The molecule has 8 nitrogen and oxygen atoms in total. The molecule has 23 heavy (non-hydrogen) atoms. The Morgan fingerprint density at radius 1 is 1.17 bits per heavy atom. The van der Waals surface area contributed by atoms with E-state index in [0.717, 1.165) is 6.42 Å². The zero-order valence-electron chi connectivity index (χ0n) is 14.4. The first kappa shape index (κ1) is 19.2. The highest BCUT2D eigenvalue weighted by molar-refractivity contribution is 5.89. The number of hydrogen-bond acceptors (Lipinski definition) is 5. The molecule has 0 aliphatic carbocycles. The van der Waals surface area contributed by atoms with Crippen molar-refractivity contribution in [2.24, 2.45) is 5.92 Å². The zero-order chi connectivity index (χ0) is 17.6. The molecule has 0 bridgehead atoms. The Morgan fingerprint density at radius 3 is 2.30 bits per heavy atom. The van der Waals surface area contributed by atoms with E-state index < -0.39 is 35.7 Å². The minimum absolute atomic E-state index is 0.179. The van der Waals surface area contributed by atoms with E-state index in [2.05, 4.69) is 16.2 Å². The largest absolute Gasteiger partial charge is 0.444 e. The maximum Gasteiger partial charge on any atom is 0.408 e. The summed E-state index contributed by atoms with van der Waals surface area (Å²) in [4.78, 5) is 35.8. The molecule has 3 N–H and O–H groups in total. The van der Waals surface area contributed by atoms with Crippen LogP contribution >= 0.6 is 0 Å². The lowest BCUT2D eigenvalue weighted by atomic mass is 10.0. The average molecular weight is 329 g/mol. The van der Waals surface area contributed by atoms with Crippen LogP contribution in [-0.4, -0.2) is 42.3 Å². The number of alkyl carbamates (subject to hydrolysis) is 1. The molecule has 3 amide bonds. The Bertz CT molecular complexity index is 439. The summed E-state index contributed by atoms with van der Waals surface area (Å²) in [6, 6.07) is -0.824. The average Bonchev–Trinajstić information content (AvgIpc) is 2.93. The van der Waals surface area contributed by atoms with Gasteiger partial charge in [-0.25, -0.2) is 4.79 Å². The molecule has 0 aromatic rings. The van der Waals surface area contributed by atoms with Crippen molar-refractivity contribution in [2.75, 3.05) is 6.61 Å². The summed E-state index contributed by atoms with van der Waals surface area (Å²) in [6.07, 6.45) is 0.232.